The minimum atomic E-state index is -5.04. The molecule has 27 heavy (non-hydrogen) atoms. The summed E-state index contributed by atoms with van der Waals surface area (Å²) in [6, 6.07) is 4.60. The first kappa shape index (κ1) is 18.8. The molecule has 6 nitrogen and oxygen atoms in total. The van der Waals surface area contributed by atoms with Gasteiger partial charge in [0.25, 0.3) is 5.91 Å². The molecule has 2 aromatic heterocycles. The van der Waals surface area contributed by atoms with Crippen molar-refractivity contribution in [3.63, 3.8) is 0 Å². The normalized spacial score (nSPS) is 12.2. The van der Waals surface area contributed by atoms with E-state index in [1.165, 1.54) is 18.3 Å². The average Bonchev–Trinajstić information content (AvgIpc) is 3.24. The number of halogens is 6. The lowest BCUT2D eigenvalue weighted by atomic mass is 10.2. The molecule has 0 radical (unpaired) electrons. The Labute approximate surface area is 150 Å². The van der Waals surface area contributed by atoms with Crippen LogP contribution in [0.5, 0.6) is 0 Å². The predicted molar refractivity (Wildman–Crippen MR) is 81.4 cm³/mol. The highest BCUT2D eigenvalue weighted by atomic mass is 32.1. The van der Waals surface area contributed by atoms with Gasteiger partial charge in [0.05, 0.1) is 11.9 Å². The van der Waals surface area contributed by atoms with E-state index in [-0.39, 0.29) is 27.0 Å². The van der Waals surface area contributed by atoms with Crippen molar-refractivity contribution in [2.75, 3.05) is 5.32 Å². The third-order valence-corrected chi connectivity index (χ3v) is 3.91. The second-order valence-electron chi connectivity index (χ2n) is 5.10. The molecule has 0 aliphatic carbocycles. The molecule has 1 N–H and O–H groups in total. The summed E-state index contributed by atoms with van der Waals surface area (Å²) in [6.45, 7) is 0. The van der Waals surface area contributed by atoms with Gasteiger partial charge in [-0.05, 0) is 35.8 Å². The predicted octanol–water partition coefficient (Wildman–Crippen LogP) is 4.01. The summed E-state index contributed by atoms with van der Waals surface area (Å²) in [7, 11) is 0. The number of benzene rings is 1. The van der Waals surface area contributed by atoms with Crippen molar-refractivity contribution in [2.45, 2.75) is 12.4 Å². The molecule has 2 heterocycles. The molecule has 0 saturated carbocycles. The molecule has 1 amide bonds. The van der Waals surface area contributed by atoms with Crippen LogP contribution in [0.25, 0.3) is 5.69 Å². The Hall–Kier alpha value is -2.96. The van der Waals surface area contributed by atoms with E-state index in [4.69, 9.17) is 0 Å². The van der Waals surface area contributed by atoms with Gasteiger partial charge in [-0.1, -0.05) is 4.49 Å². The van der Waals surface area contributed by atoms with Gasteiger partial charge in [0.1, 0.15) is 10.6 Å². The van der Waals surface area contributed by atoms with Gasteiger partial charge in [0.2, 0.25) is 0 Å². The van der Waals surface area contributed by atoms with Crippen LogP contribution in [-0.4, -0.2) is 25.3 Å². The van der Waals surface area contributed by atoms with Crippen LogP contribution in [0.4, 0.5) is 32.0 Å². The second kappa shape index (κ2) is 6.64. The third kappa shape index (κ3) is 4.07. The fraction of sp³-hybridized carbons (Fsp3) is 0.143. The molecule has 13 heteroatoms. The van der Waals surface area contributed by atoms with Crippen molar-refractivity contribution in [3.8, 4) is 5.69 Å². The van der Waals surface area contributed by atoms with E-state index in [0.717, 1.165) is 23.7 Å². The van der Waals surface area contributed by atoms with Gasteiger partial charge in [0, 0.05) is 11.8 Å². The van der Waals surface area contributed by atoms with Gasteiger partial charge in [-0.3, -0.25) is 4.79 Å². The van der Waals surface area contributed by atoms with Gasteiger partial charge < -0.3 is 5.32 Å². The van der Waals surface area contributed by atoms with Crippen molar-refractivity contribution in [1.82, 2.24) is 19.4 Å². The Bertz CT molecular complexity index is 946. The highest BCUT2D eigenvalue weighted by Crippen LogP contribution is 2.36. The van der Waals surface area contributed by atoms with Crippen LogP contribution in [0.1, 0.15) is 21.1 Å². The zero-order chi connectivity index (χ0) is 19.8. The molecule has 142 valence electrons. The number of anilines is 1. The monoisotopic (exact) mass is 407 g/mol. The Kier molecular flexibility index (Phi) is 4.63. The molecule has 0 saturated heterocycles. The van der Waals surface area contributed by atoms with Gasteiger partial charge in [-0.25, -0.2) is 4.68 Å². The standard InChI is InChI=1S/C14H7F6N5OS/c15-13(16,17)10-5-11(14(18,19)20)25(23-10)8-3-1-7(2-4-8)22-12(26)9-6-21-24-27-9/h1-6H,(H,22,26). The van der Waals surface area contributed by atoms with E-state index in [9.17, 15) is 31.1 Å². The second-order valence-corrected chi connectivity index (χ2v) is 5.89. The van der Waals surface area contributed by atoms with Gasteiger partial charge in [-0.2, -0.15) is 31.4 Å². The molecule has 0 spiro atoms. The van der Waals surface area contributed by atoms with E-state index >= 15 is 0 Å². The van der Waals surface area contributed by atoms with Gasteiger partial charge in [-0.15, -0.1) is 5.10 Å². The van der Waals surface area contributed by atoms with Crippen molar-refractivity contribution < 1.29 is 31.1 Å². The number of hydrogen-bond acceptors (Lipinski definition) is 5. The number of carbonyl (C=O) groups excluding carboxylic acids is 1. The maximum Gasteiger partial charge on any atom is 0.435 e. The number of nitrogens with one attached hydrogen (secondary N) is 1. The number of carbonyl (C=O) groups is 1. The number of hydrogen-bond donors (Lipinski definition) is 1. The molecule has 1 aromatic carbocycles. The quantitative estimate of drug-likeness (QED) is 0.666. The van der Waals surface area contributed by atoms with E-state index in [1.807, 2.05) is 0 Å². The van der Waals surface area contributed by atoms with Gasteiger partial charge in [0.15, 0.2) is 5.69 Å². The molecular weight excluding hydrogens is 400 g/mol. The maximum absolute atomic E-state index is 13.0. The topological polar surface area (TPSA) is 72.7 Å². The smallest absolute Gasteiger partial charge is 0.321 e. The van der Waals surface area contributed by atoms with Crippen LogP contribution in [0.2, 0.25) is 0 Å². The first-order chi connectivity index (χ1) is 12.6. The minimum absolute atomic E-state index is 0.0630. The molecule has 0 bridgehead atoms. The Morgan fingerprint density at radius 2 is 1.70 bits per heavy atom. The third-order valence-electron chi connectivity index (χ3n) is 3.25. The molecule has 3 rings (SSSR count). The fourth-order valence-corrected chi connectivity index (χ4v) is 2.47. The first-order valence-electron chi connectivity index (χ1n) is 6.99. The molecule has 0 aliphatic rings. The number of rotatable bonds is 3. The fourth-order valence-electron chi connectivity index (χ4n) is 2.06. The van der Waals surface area contributed by atoms with Crippen molar-refractivity contribution >= 4 is 23.1 Å². The van der Waals surface area contributed by atoms with Crippen molar-refractivity contribution in [3.05, 3.63) is 52.8 Å². The molecular formula is C14H7F6N5OS. The van der Waals surface area contributed by atoms with E-state index in [1.54, 1.807) is 0 Å². The zero-order valence-corrected chi connectivity index (χ0v) is 13.7. The molecule has 0 unspecified atom stereocenters. The Morgan fingerprint density at radius 3 is 2.22 bits per heavy atom. The summed E-state index contributed by atoms with van der Waals surface area (Å²) in [5.41, 5.74) is -3.27. The van der Waals surface area contributed by atoms with E-state index < -0.39 is 29.6 Å². The summed E-state index contributed by atoms with van der Waals surface area (Å²) in [6.07, 6.45) is -8.84. The van der Waals surface area contributed by atoms with Crippen LogP contribution in [0.15, 0.2) is 36.5 Å². The maximum atomic E-state index is 13.0. The lowest BCUT2D eigenvalue weighted by molar-refractivity contribution is -0.143. The molecule has 0 atom stereocenters. The van der Waals surface area contributed by atoms with E-state index in [2.05, 4.69) is 20.0 Å². The average molecular weight is 407 g/mol. The van der Waals surface area contributed by atoms with Gasteiger partial charge >= 0.3 is 12.4 Å². The van der Waals surface area contributed by atoms with Crippen LogP contribution >= 0.6 is 11.5 Å². The summed E-state index contributed by atoms with van der Waals surface area (Å²) in [5, 5.41) is 8.97. The molecule has 0 aliphatic heterocycles. The molecule has 3 aromatic rings. The SMILES string of the molecule is O=C(Nc1ccc(-n2nc(C(F)(F)F)cc2C(F)(F)F)cc1)c1cnns1. The number of nitrogens with zero attached hydrogens (tertiary/aromatic N) is 4. The highest BCUT2D eigenvalue weighted by molar-refractivity contribution is 7.07. The number of alkyl halides is 6. The molecule has 0 fully saturated rings. The van der Waals surface area contributed by atoms with Crippen LogP contribution in [-0.2, 0) is 12.4 Å². The summed E-state index contributed by atoms with van der Waals surface area (Å²) < 4.78 is 81.0. The number of aromatic nitrogens is 4. The Balaban J connectivity index is 1.91. The summed E-state index contributed by atoms with van der Waals surface area (Å²) in [4.78, 5) is 12.1. The van der Waals surface area contributed by atoms with Crippen LogP contribution < -0.4 is 5.32 Å². The lowest BCUT2D eigenvalue weighted by Crippen LogP contribution is -2.14. The largest absolute Gasteiger partial charge is 0.435 e. The highest BCUT2D eigenvalue weighted by Gasteiger charge is 2.42. The van der Waals surface area contributed by atoms with Crippen molar-refractivity contribution in [2.24, 2.45) is 0 Å². The zero-order valence-electron chi connectivity index (χ0n) is 12.8. The number of amides is 1. The van der Waals surface area contributed by atoms with Crippen molar-refractivity contribution in [1.29, 1.82) is 0 Å². The Morgan fingerprint density at radius 1 is 1.04 bits per heavy atom. The first-order valence-corrected chi connectivity index (χ1v) is 7.76. The minimum Gasteiger partial charge on any atom is -0.321 e. The van der Waals surface area contributed by atoms with Crippen LogP contribution in [0.3, 0.4) is 0 Å². The lowest BCUT2D eigenvalue weighted by Gasteiger charge is -2.11. The summed E-state index contributed by atoms with van der Waals surface area (Å²) >= 11 is 0.841. The van der Waals surface area contributed by atoms with E-state index in [0.29, 0.717) is 0 Å². The summed E-state index contributed by atoms with van der Waals surface area (Å²) in [5.74, 6) is -0.535. The van der Waals surface area contributed by atoms with Crippen LogP contribution in [0, 0.1) is 0 Å².